The molecule has 1 aromatic rings. The highest BCUT2D eigenvalue weighted by Crippen LogP contribution is 2.25. The van der Waals surface area contributed by atoms with Crippen molar-refractivity contribution in [3.63, 3.8) is 0 Å². The Morgan fingerprint density at radius 2 is 2.00 bits per heavy atom. The van der Waals surface area contributed by atoms with E-state index >= 15 is 0 Å². The Morgan fingerprint density at radius 3 is 2.56 bits per heavy atom. The van der Waals surface area contributed by atoms with Crippen LogP contribution in [-0.2, 0) is 0 Å². The Balaban J connectivity index is 2.63. The minimum Gasteiger partial charge on any atom is -0.309 e. The first kappa shape index (κ1) is 13.3. The number of hydrogen-bond acceptors (Lipinski definition) is 2. The maximum atomic E-state index is 8.67. The van der Waals surface area contributed by atoms with Crippen LogP contribution in [0.1, 0.15) is 25.5 Å². The molecule has 0 radical (unpaired) electrons. The van der Waals surface area contributed by atoms with E-state index < -0.39 is 0 Å². The molecule has 0 saturated carbocycles. The van der Waals surface area contributed by atoms with E-state index in [9.17, 15) is 0 Å². The fraction of sp³-hybridized carbons (Fsp3) is 0.417. The van der Waals surface area contributed by atoms with E-state index in [2.05, 4.69) is 11.4 Å². The molecule has 0 aliphatic heterocycles. The van der Waals surface area contributed by atoms with Crippen molar-refractivity contribution >= 4 is 23.2 Å². The van der Waals surface area contributed by atoms with Crippen LogP contribution < -0.4 is 5.32 Å². The van der Waals surface area contributed by atoms with Gasteiger partial charge < -0.3 is 5.32 Å². The monoisotopic (exact) mass is 256 g/mol. The highest BCUT2D eigenvalue weighted by molar-refractivity contribution is 6.42. The van der Waals surface area contributed by atoms with Gasteiger partial charge in [-0.3, -0.25) is 0 Å². The number of benzene rings is 1. The SMILES string of the molecule is CC(C#N)CNC(C)c1ccc(Cl)c(Cl)c1. The lowest BCUT2D eigenvalue weighted by molar-refractivity contribution is 0.528. The first-order valence-electron chi connectivity index (χ1n) is 5.12. The molecule has 2 nitrogen and oxygen atoms in total. The first-order valence-corrected chi connectivity index (χ1v) is 5.88. The number of rotatable bonds is 4. The van der Waals surface area contributed by atoms with Crippen molar-refractivity contribution in [1.29, 1.82) is 5.26 Å². The summed E-state index contributed by atoms with van der Waals surface area (Å²) in [5.74, 6) is 0.00484. The van der Waals surface area contributed by atoms with Crippen LogP contribution >= 0.6 is 23.2 Å². The molecule has 4 heteroatoms. The third-order valence-corrected chi connectivity index (χ3v) is 3.13. The van der Waals surface area contributed by atoms with E-state index in [4.69, 9.17) is 28.5 Å². The van der Waals surface area contributed by atoms with Crippen LogP contribution in [0.15, 0.2) is 18.2 Å². The molecular formula is C12H14Cl2N2. The Bertz CT molecular complexity index is 398. The molecule has 0 aliphatic rings. The molecule has 0 spiro atoms. The number of nitrogens with zero attached hydrogens (tertiary/aromatic N) is 1. The average molecular weight is 257 g/mol. The second kappa shape index (κ2) is 6.10. The fourth-order valence-corrected chi connectivity index (χ4v) is 1.61. The van der Waals surface area contributed by atoms with Crippen LogP contribution in [0.5, 0.6) is 0 Å². The fourth-order valence-electron chi connectivity index (χ4n) is 1.30. The van der Waals surface area contributed by atoms with E-state index in [1.54, 1.807) is 6.07 Å². The summed E-state index contributed by atoms with van der Waals surface area (Å²) in [6.07, 6.45) is 0. The number of hydrogen-bond donors (Lipinski definition) is 1. The predicted molar refractivity (Wildman–Crippen MR) is 67.7 cm³/mol. The van der Waals surface area contributed by atoms with Crippen molar-refractivity contribution in [1.82, 2.24) is 5.32 Å². The molecule has 0 saturated heterocycles. The van der Waals surface area contributed by atoms with Gasteiger partial charge in [0.25, 0.3) is 0 Å². The molecule has 16 heavy (non-hydrogen) atoms. The zero-order valence-electron chi connectivity index (χ0n) is 9.30. The lowest BCUT2D eigenvalue weighted by atomic mass is 10.1. The van der Waals surface area contributed by atoms with Crippen LogP contribution in [0.25, 0.3) is 0 Å². The molecule has 2 unspecified atom stereocenters. The van der Waals surface area contributed by atoms with Gasteiger partial charge in [-0.25, -0.2) is 0 Å². The molecule has 0 amide bonds. The lowest BCUT2D eigenvalue weighted by Crippen LogP contribution is -2.23. The van der Waals surface area contributed by atoms with Gasteiger partial charge in [0.15, 0.2) is 0 Å². The normalized spacial score (nSPS) is 14.2. The van der Waals surface area contributed by atoms with Crippen LogP contribution in [0.4, 0.5) is 0 Å². The van der Waals surface area contributed by atoms with E-state index in [1.165, 1.54) is 0 Å². The summed E-state index contributed by atoms with van der Waals surface area (Å²) >= 11 is 11.8. The van der Waals surface area contributed by atoms with Crippen molar-refractivity contribution in [3.05, 3.63) is 33.8 Å². The summed E-state index contributed by atoms with van der Waals surface area (Å²) in [5, 5.41) is 13.1. The standard InChI is InChI=1S/C12H14Cl2N2/c1-8(6-15)7-16-9(2)10-3-4-11(13)12(14)5-10/h3-5,8-9,16H,7H2,1-2H3. The van der Waals surface area contributed by atoms with E-state index in [-0.39, 0.29) is 12.0 Å². The largest absolute Gasteiger partial charge is 0.309 e. The highest BCUT2D eigenvalue weighted by atomic mass is 35.5. The molecule has 86 valence electrons. The summed E-state index contributed by atoms with van der Waals surface area (Å²) < 4.78 is 0. The van der Waals surface area contributed by atoms with Crippen molar-refractivity contribution in [2.45, 2.75) is 19.9 Å². The lowest BCUT2D eigenvalue weighted by Gasteiger charge is -2.15. The summed E-state index contributed by atoms with van der Waals surface area (Å²) in [7, 11) is 0. The van der Waals surface area contributed by atoms with Crippen LogP contribution in [0, 0.1) is 17.2 Å². The molecule has 2 atom stereocenters. The van der Waals surface area contributed by atoms with Gasteiger partial charge in [-0.15, -0.1) is 0 Å². The van der Waals surface area contributed by atoms with Gasteiger partial charge in [-0.1, -0.05) is 29.3 Å². The van der Waals surface area contributed by atoms with Crippen LogP contribution in [0.3, 0.4) is 0 Å². The topological polar surface area (TPSA) is 35.8 Å². The number of halogens is 2. The van der Waals surface area contributed by atoms with E-state index in [0.717, 1.165) is 5.56 Å². The third-order valence-electron chi connectivity index (χ3n) is 2.39. The minimum absolute atomic E-state index is 0.00484. The predicted octanol–water partition coefficient (Wildman–Crippen LogP) is 3.80. The Hall–Kier alpha value is -0.750. The highest BCUT2D eigenvalue weighted by Gasteiger charge is 2.08. The minimum atomic E-state index is 0.00484. The molecule has 0 aliphatic carbocycles. The summed E-state index contributed by atoms with van der Waals surface area (Å²) in [4.78, 5) is 0. The average Bonchev–Trinajstić information content (AvgIpc) is 2.29. The number of nitrogens with one attached hydrogen (secondary N) is 1. The molecule has 0 bridgehead atoms. The maximum Gasteiger partial charge on any atom is 0.0666 e. The van der Waals surface area contributed by atoms with Gasteiger partial charge in [0.1, 0.15) is 0 Å². The maximum absolute atomic E-state index is 8.67. The number of nitriles is 1. The smallest absolute Gasteiger partial charge is 0.0666 e. The first-order chi connectivity index (χ1) is 7.54. The van der Waals surface area contributed by atoms with Gasteiger partial charge in [0.2, 0.25) is 0 Å². The van der Waals surface area contributed by atoms with Crippen molar-refractivity contribution in [3.8, 4) is 6.07 Å². The molecule has 1 rings (SSSR count). The zero-order valence-corrected chi connectivity index (χ0v) is 10.8. The summed E-state index contributed by atoms with van der Waals surface area (Å²) in [6, 6.07) is 7.90. The zero-order chi connectivity index (χ0) is 12.1. The molecular weight excluding hydrogens is 243 g/mol. The van der Waals surface area contributed by atoms with Crippen LogP contribution in [-0.4, -0.2) is 6.54 Å². The van der Waals surface area contributed by atoms with Crippen LogP contribution in [0.2, 0.25) is 10.0 Å². The van der Waals surface area contributed by atoms with E-state index in [0.29, 0.717) is 16.6 Å². The van der Waals surface area contributed by atoms with Gasteiger partial charge in [-0.2, -0.15) is 5.26 Å². The van der Waals surface area contributed by atoms with Gasteiger partial charge in [0, 0.05) is 12.6 Å². The molecule has 1 N–H and O–H groups in total. The van der Waals surface area contributed by atoms with Crippen molar-refractivity contribution in [2.75, 3.05) is 6.54 Å². The molecule has 0 heterocycles. The van der Waals surface area contributed by atoms with Crippen molar-refractivity contribution < 1.29 is 0 Å². The van der Waals surface area contributed by atoms with Gasteiger partial charge in [0.05, 0.1) is 22.0 Å². The Kier molecular flexibility index (Phi) is 5.08. The second-order valence-electron chi connectivity index (χ2n) is 3.83. The molecule has 0 fully saturated rings. The quantitative estimate of drug-likeness (QED) is 0.890. The molecule has 0 aromatic heterocycles. The van der Waals surface area contributed by atoms with E-state index in [1.807, 2.05) is 26.0 Å². The Morgan fingerprint density at radius 1 is 1.31 bits per heavy atom. The summed E-state index contributed by atoms with van der Waals surface area (Å²) in [6.45, 7) is 4.58. The molecule has 1 aromatic carbocycles. The van der Waals surface area contributed by atoms with Gasteiger partial charge in [-0.05, 0) is 31.5 Å². The summed E-state index contributed by atoms with van der Waals surface area (Å²) in [5.41, 5.74) is 1.07. The van der Waals surface area contributed by atoms with Crippen molar-refractivity contribution in [2.24, 2.45) is 5.92 Å². The van der Waals surface area contributed by atoms with Gasteiger partial charge >= 0.3 is 0 Å². The second-order valence-corrected chi connectivity index (χ2v) is 4.65. The third kappa shape index (κ3) is 3.68. The Labute approximate surface area is 106 Å².